The second-order valence-electron chi connectivity index (χ2n) is 6.79. The van der Waals surface area contributed by atoms with Gasteiger partial charge in [0, 0.05) is 12.4 Å². The maximum absolute atomic E-state index is 13.4. The number of alkyl halides is 3. The topological polar surface area (TPSA) is 76.4 Å². The van der Waals surface area contributed by atoms with Gasteiger partial charge in [-0.3, -0.25) is 0 Å². The van der Waals surface area contributed by atoms with Gasteiger partial charge in [-0.15, -0.1) is 0 Å². The van der Waals surface area contributed by atoms with E-state index in [1.165, 1.54) is 16.7 Å². The molecule has 0 unspecified atom stereocenters. The summed E-state index contributed by atoms with van der Waals surface area (Å²) >= 11 is 5.85. The zero-order valence-electron chi connectivity index (χ0n) is 16.1. The summed E-state index contributed by atoms with van der Waals surface area (Å²) < 4.78 is 68.1. The van der Waals surface area contributed by atoms with Gasteiger partial charge in [-0.2, -0.15) is 13.2 Å². The number of rotatable bonds is 6. The second kappa shape index (κ2) is 8.39. The third kappa shape index (κ3) is 4.77. The molecule has 3 aromatic rings. The number of carboxylic acid groups (broad SMARTS) is 1. The van der Waals surface area contributed by atoms with Gasteiger partial charge < -0.3 is 9.67 Å². The van der Waals surface area contributed by atoms with E-state index >= 15 is 0 Å². The molecule has 31 heavy (non-hydrogen) atoms. The van der Waals surface area contributed by atoms with E-state index in [4.69, 9.17) is 11.6 Å². The van der Waals surface area contributed by atoms with Crippen molar-refractivity contribution < 1.29 is 31.5 Å². The highest BCUT2D eigenvalue weighted by Gasteiger charge is 2.35. The normalized spacial score (nSPS) is 12.2. The molecular formula is C21H17ClF3NO4S. The van der Waals surface area contributed by atoms with Crippen LogP contribution in [0.1, 0.15) is 34.0 Å². The SMILES string of the molecule is CCc1ccc(C(=O)O)cc1S(=O)(=O)Cc1cc(C(F)(F)F)c(Cl)cc1-n1cccc1. The molecule has 1 N–H and O–H groups in total. The van der Waals surface area contributed by atoms with Crippen molar-refractivity contribution in [2.45, 2.75) is 30.2 Å². The molecule has 0 saturated heterocycles. The first-order valence-corrected chi connectivity index (χ1v) is 11.1. The smallest absolute Gasteiger partial charge is 0.417 e. The summed E-state index contributed by atoms with van der Waals surface area (Å²) in [6.07, 6.45) is -1.37. The van der Waals surface area contributed by atoms with Crippen LogP contribution in [0, 0.1) is 0 Å². The van der Waals surface area contributed by atoms with E-state index in [1.54, 1.807) is 31.5 Å². The molecule has 1 heterocycles. The summed E-state index contributed by atoms with van der Waals surface area (Å²) in [5, 5.41) is 8.66. The second-order valence-corrected chi connectivity index (χ2v) is 9.15. The molecule has 0 fully saturated rings. The van der Waals surface area contributed by atoms with Gasteiger partial charge in [-0.1, -0.05) is 24.6 Å². The largest absolute Gasteiger partial charge is 0.478 e. The van der Waals surface area contributed by atoms with Crippen LogP contribution in [0.2, 0.25) is 5.02 Å². The van der Waals surface area contributed by atoms with Gasteiger partial charge in [0.05, 0.1) is 32.5 Å². The predicted octanol–water partition coefficient (Wildman–Crippen LogP) is 5.38. The van der Waals surface area contributed by atoms with Crippen LogP contribution < -0.4 is 0 Å². The summed E-state index contributed by atoms with van der Waals surface area (Å²) in [5.41, 5.74) is -0.939. The quantitative estimate of drug-likeness (QED) is 0.523. The minimum atomic E-state index is -4.78. The first-order valence-electron chi connectivity index (χ1n) is 9.06. The summed E-state index contributed by atoms with van der Waals surface area (Å²) in [7, 11) is -4.19. The summed E-state index contributed by atoms with van der Waals surface area (Å²) in [4.78, 5) is 11.1. The average molecular weight is 472 g/mol. The molecule has 164 valence electrons. The first kappa shape index (κ1) is 22.9. The molecule has 0 aliphatic heterocycles. The monoisotopic (exact) mass is 471 g/mol. The number of aromatic carboxylic acids is 1. The molecule has 5 nitrogen and oxygen atoms in total. The Bertz CT molecular complexity index is 1240. The van der Waals surface area contributed by atoms with E-state index < -0.39 is 38.3 Å². The fourth-order valence-corrected chi connectivity index (χ4v) is 5.21. The number of halogens is 4. The van der Waals surface area contributed by atoms with Crippen molar-refractivity contribution in [2.75, 3.05) is 0 Å². The Labute approximate surface area is 181 Å². The Morgan fingerprint density at radius 1 is 1.10 bits per heavy atom. The summed E-state index contributed by atoms with van der Waals surface area (Å²) in [6, 6.07) is 8.78. The van der Waals surface area contributed by atoms with E-state index in [0.29, 0.717) is 12.0 Å². The van der Waals surface area contributed by atoms with Gasteiger partial charge in [0.2, 0.25) is 0 Å². The van der Waals surface area contributed by atoms with Crippen LogP contribution in [0.25, 0.3) is 5.69 Å². The van der Waals surface area contributed by atoms with Gasteiger partial charge in [-0.05, 0) is 53.9 Å². The molecule has 0 bridgehead atoms. The predicted molar refractivity (Wildman–Crippen MR) is 109 cm³/mol. The van der Waals surface area contributed by atoms with Crippen LogP contribution in [0.3, 0.4) is 0 Å². The van der Waals surface area contributed by atoms with Gasteiger partial charge in [0.15, 0.2) is 9.84 Å². The molecule has 0 amide bonds. The number of aromatic nitrogens is 1. The third-order valence-corrected chi connectivity index (χ3v) is 6.79. The standard InChI is InChI=1S/C21H17ClF3NO4S/c1-2-13-5-6-14(20(27)28)10-19(13)31(29,30)12-15-9-16(21(23,24)25)17(22)11-18(15)26-7-3-4-8-26/h3-11H,2,12H2,1H3,(H,27,28). The van der Waals surface area contributed by atoms with Crippen molar-refractivity contribution in [2.24, 2.45) is 0 Å². The Hall–Kier alpha value is -2.78. The number of benzene rings is 2. The lowest BCUT2D eigenvalue weighted by atomic mass is 10.1. The number of aryl methyl sites for hydroxylation is 1. The fraction of sp³-hybridized carbons (Fsp3) is 0.190. The highest BCUT2D eigenvalue weighted by atomic mass is 35.5. The number of hydrogen-bond acceptors (Lipinski definition) is 3. The molecule has 1 aromatic heterocycles. The average Bonchev–Trinajstić information content (AvgIpc) is 3.22. The first-order chi connectivity index (χ1) is 14.4. The number of carbonyl (C=O) groups is 1. The Kier molecular flexibility index (Phi) is 6.20. The van der Waals surface area contributed by atoms with E-state index in [9.17, 15) is 31.5 Å². The van der Waals surface area contributed by atoms with Crippen molar-refractivity contribution in [3.63, 3.8) is 0 Å². The lowest BCUT2D eigenvalue weighted by molar-refractivity contribution is -0.137. The fourth-order valence-electron chi connectivity index (χ4n) is 3.23. The Balaban J connectivity index is 2.19. The minimum absolute atomic E-state index is 0.115. The van der Waals surface area contributed by atoms with Crippen molar-refractivity contribution in [3.05, 3.63) is 82.1 Å². The van der Waals surface area contributed by atoms with E-state index in [-0.39, 0.29) is 21.7 Å². The number of carboxylic acids is 1. The lowest BCUT2D eigenvalue weighted by Crippen LogP contribution is -2.14. The van der Waals surface area contributed by atoms with Crippen LogP contribution in [0.4, 0.5) is 13.2 Å². The Morgan fingerprint density at radius 2 is 1.74 bits per heavy atom. The summed E-state index contributed by atoms with van der Waals surface area (Å²) in [6.45, 7) is 1.70. The number of hydrogen-bond donors (Lipinski definition) is 1. The number of nitrogens with zero attached hydrogens (tertiary/aromatic N) is 1. The van der Waals surface area contributed by atoms with Crippen molar-refractivity contribution >= 4 is 27.4 Å². The molecule has 2 aromatic carbocycles. The maximum Gasteiger partial charge on any atom is 0.417 e. The number of sulfone groups is 1. The molecule has 0 saturated carbocycles. The van der Waals surface area contributed by atoms with Gasteiger partial charge in [0.1, 0.15) is 0 Å². The highest BCUT2D eigenvalue weighted by Crippen LogP contribution is 2.38. The molecule has 0 aliphatic carbocycles. The maximum atomic E-state index is 13.4. The van der Waals surface area contributed by atoms with Crippen molar-refractivity contribution in [1.82, 2.24) is 4.57 Å². The van der Waals surface area contributed by atoms with Crippen molar-refractivity contribution in [3.8, 4) is 5.69 Å². The molecule has 0 atom stereocenters. The molecule has 0 spiro atoms. The lowest BCUT2D eigenvalue weighted by Gasteiger charge is -2.17. The van der Waals surface area contributed by atoms with Crippen LogP contribution >= 0.6 is 11.6 Å². The van der Waals surface area contributed by atoms with Gasteiger partial charge in [-0.25, -0.2) is 13.2 Å². The molecular weight excluding hydrogens is 455 g/mol. The molecule has 10 heteroatoms. The van der Waals surface area contributed by atoms with Crippen LogP contribution in [-0.2, 0) is 28.2 Å². The van der Waals surface area contributed by atoms with E-state index in [0.717, 1.165) is 18.2 Å². The van der Waals surface area contributed by atoms with Gasteiger partial charge in [0.25, 0.3) is 0 Å². The van der Waals surface area contributed by atoms with Crippen LogP contribution in [-0.4, -0.2) is 24.1 Å². The molecule has 0 aliphatic rings. The molecule has 0 radical (unpaired) electrons. The zero-order chi connectivity index (χ0) is 23.0. The highest BCUT2D eigenvalue weighted by molar-refractivity contribution is 7.90. The van der Waals surface area contributed by atoms with Crippen molar-refractivity contribution in [1.29, 1.82) is 0 Å². The summed E-state index contributed by atoms with van der Waals surface area (Å²) in [5.74, 6) is -2.07. The van der Waals surface area contributed by atoms with Crippen LogP contribution in [0.15, 0.2) is 59.8 Å². The third-order valence-electron chi connectivity index (χ3n) is 4.73. The zero-order valence-corrected chi connectivity index (χ0v) is 17.7. The van der Waals surface area contributed by atoms with Gasteiger partial charge >= 0.3 is 12.1 Å². The Morgan fingerprint density at radius 3 is 2.29 bits per heavy atom. The van der Waals surface area contributed by atoms with E-state index in [2.05, 4.69) is 0 Å². The molecule has 3 rings (SSSR count). The van der Waals surface area contributed by atoms with Crippen LogP contribution in [0.5, 0.6) is 0 Å². The minimum Gasteiger partial charge on any atom is -0.478 e. The van der Waals surface area contributed by atoms with E-state index in [1.807, 2.05) is 0 Å².